The molecule has 0 spiro atoms. The fraction of sp³-hybridized carbons (Fsp3) is 0.600. The Morgan fingerprint density at radius 2 is 1.62 bits per heavy atom. The summed E-state index contributed by atoms with van der Waals surface area (Å²) in [5, 5.41) is 3.13. The van der Waals surface area contributed by atoms with Gasteiger partial charge in [-0.2, -0.15) is 0 Å². The second-order valence-corrected chi connectivity index (χ2v) is 4.65. The number of rotatable bonds is 8. The van der Waals surface area contributed by atoms with Crippen LogP contribution >= 0.6 is 0 Å². The number of hydrogen-bond donors (Lipinski definition) is 1. The lowest BCUT2D eigenvalue weighted by Crippen LogP contribution is -2.04. The summed E-state index contributed by atoms with van der Waals surface area (Å²) in [6, 6.07) is 0. The largest absolute Gasteiger partial charge is 0.316 e. The van der Waals surface area contributed by atoms with E-state index in [-0.39, 0.29) is 0 Å². The van der Waals surface area contributed by atoms with Crippen LogP contribution in [-0.2, 0) is 0 Å². The van der Waals surface area contributed by atoms with E-state index in [4.69, 9.17) is 0 Å². The highest BCUT2D eigenvalue weighted by atomic mass is 14.8. The molecule has 0 fully saturated rings. The first-order valence-electron chi connectivity index (χ1n) is 6.16. The predicted octanol–water partition coefficient (Wildman–Crippen LogP) is 4.23. The van der Waals surface area contributed by atoms with Crippen LogP contribution in [0, 0.1) is 0 Å². The molecule has 0 atom stereocenters. The fourth-order valence-electron chi connectivity index (χ4n) is 1.44. The quantitative estimate of drug-likeness (QED) is 0.605. The van der Waals surface area contributed by atoms with Crippen molar-refractivity contribution in [2.75, 3.05) is 13.6 Å². The minimum Gasteiger partial charge on any atom is -0.316 e. The zero-order chi connectivity index (χ0) is 12.4. The van der Waals surface area contributed by atoms with Crippen LogP contribution in [0.25, 0.3) is 0 Å². The normalized spacial score (nSPS) is 13.0. The molecule has 92 valence electrons. The average Bonchev–Trinajstić information content (AvgIpc) is 2.23. The molecule has 0 rings (SSSR count). The van der Waals surface area contributed by atoms with E-state index in [1.165, 1.54) is 23.1 Å². The van der Waals surface area contributed by atoms with Crippen molar-refractivity contribution in [3.8, 4) is 0 Å². The van der Waals surface area contributed by atoms with Crippen molar-refractivity contribution >= 4 is 0 Å². The van der Waals surface area contributed by atoms with E-state index < -0.39 is 0 Å². The average molecular weight is 221 g/mol. The highest BCUT2D eigenvalue weighted by molar-refractivity contribution is 5.05. The van der Waals surface area contributed by atoms with E-state index in [1.54, 1.807) is 0 Å². The summed E-state index contributed by atoms with van der Waals surface area (Å²) in [5.74, 6) is 0. The van der Waals surface area contributed by atoms with E-state index in [0.29, 0.717) is 0 Å². The summed E-state index contributed by atoms with van der Waals surface area (Å²) < 4.78 is 0. The van der Waals surface area contributed by atoms with Gasteiger partial charge in [0, 0.05) is 6.54 Å². The van der Waals surface area contributed by atoms with Gasteiger partial charge in [-0.05, 0) is 53.5 Å². The molecule has 0 saturated heterocycles. The van der Waals surface area contributed by atoms with E-state index in [1.807, 2.05) is 7.05 Å². The molecule has 0 unspecified atom stereocenters. The van der Waals surface area contributed by atoms with Crippen LogP contribution < -0.4 is 5.32 Å². The standard InChI is InChI=1S/C15H27N/c1-13(2)9-10-14(3)7-6-8-15(4)11-12-16-5/h7,11,16H,1,6,8-10,12H2,2-5H3/b14-7+,15-11+. The Hall–Kier alpha value is -0.820. The molecule has 0 saturated carbocycles. The molecule has 1 N–H and O–H groups in total. The Kier molecular flexibility index (Phi) is 8.93. The molecule has 0 aliphatic carbocycles. The Bertz CT molecular complexity index is 259. The van der Waals surface area contributed by atoms with E-state index >= 15 is 0 Å². The smallest absolute Gasteiger partial charge is 0.0134 e. The third kappa shape index (κ3) is 9.72. The van der Waals surface area contributed by atoms with Crippen LogP contribution in [0.5, 0.6) is 0 Å². The van der Waals surface area contributed by atoms with Gasteiger partial charge in [0.2, 0.25) is 0 Å². The first-order valence-corrected chi connectivity index (χ1v) is 6.16. The highest BCUT2D eigenvalue weighted by Crippen LogP contribution is 2.12. The van der Waals surface area contributed by atoms with Crippen molar-refractivity contribution in [3.05, 3.63) is 35.5 Å². The summed E-state index contributed by atoms with van der Waals surface area (Å²) in [7, 11) is 1.98. The van der Waals surface area contributed by atoms with Crippen LogP contribution in [0.2, 0.25) is 0 Å². The van der Waals surface area contributed by atoms with Crippen molar-refractivity contribution in [1.29, 1.82) is 0 Å². The predicted molar refractivity (Wildman–Crippen MR) is 74.7 cm³/mol. The van der Waals surface area contributed by atoms with Crippen LogP contribution in [0.15, 0.2) is 35.5 Å². The lowest BCUT2D eigenvalue weighted by atomic mass is 10.1. The molecule has 0 aromatic carbocycles. The van der Waals surface area contributed by atoms with Gasteiger partial charge in [0.15, 0.2) is 0 Å². The maximum atomic E-state index is 3.93. The molecular weight excluding hydrogens is 194 g/mol. The van der Waals surface area contributed by atoms with Crippen molar-refractivity contribution in [2.24, 2.45) is 0 Å². The first kappa shape index (κ1) is 15.2. The number of hydrogen-bond acceptors (Lipinski definition) is 1. The summed E-state index contributed by atoms with van der Waals surface area (Å²) in [6.07, 6.45) is 9.24. The molecule has 0 aromatic rings. The molecule has 1 heteroatoms. The van der Waals surface area contributed by atoms with E-state index in [2.05, 4.69) is 44.8 Å². The third-order valence-electron chi connectivity index (χ3n) is 2.63. The lowest BCUT2D eigenvalue weighted by molar-refractivity contribution is 0.878. The monoisotopic (exact) mass is 221 g/mol. The van der Waals surface area contributed by atoms with Gasteiger partial charge in [0.25, 0.3) is 0 Å². The van der Waals surface area contributed by atoms with Crippen LogP contribution in [-0.4, -0.2) is 13.6 Å². The first-order chi connectivity index (χ1) is 7.56. The summed E-state index contributed by atoms with van der Waals surface area (Å²) in [6.45, 7) is 11.4. The Morgan fingerprint density at radius 3 is 2.19 bits per heavy atom. The lowest BCUT2D eigenvalue weighted by Gasteiger charge is -2.02. The van der Waals surface area contributed by atoms with E-state index in [9.17, 15) is 0 Å². The molecule has 16 heavy (non-hydrogen) atoms. The second kappa shape index (κ2) is 9.41. The number of likely N-dealkylation sites (N-methyl/N-ethyl adjacent to an activating group) is 1. The van der Waals surface area contributed by atoms with Gasteiger partial charge in [-0.3, -0.25) is 0 Å². The molecule has 0 heterocycles. The highest BCUT2D eigenvalue weighted by Gasteiger charge is 1.92. The van der Waals surface area contributed by atoms with Gasteiger partial charge in [-0.15, -0.1) is 6.58 Å². The molecule has 0 bridgehead atoms. The zero-order valence-electron chi connectivity index (χ0n) is 11.4. The summed E-state index contributed by atoms with van der Waals surface area (Å²) >= 11 is 0. The molecular formula is C15H27N. The number of allylic oxidation sites excluding steroid dienone is 4. The maximum absolute atomic E-state index is 3.93. The van der Waals surface area contributed by atoms with Crippen molar-refractivity contribution in [1.82, 2.24) is 5.32 Å². The summed E-state index contributed by atoms with van der Waals surface area (Å²) in [5.41, 5.74) is 4.24. The van der Waals surface area contributed by atoms with Crippen LogP contribution in [0.3, 0.4) is 0 Å². The summed E-state index contributed by atoms with van der Waals surface area (Å²) in [4.78, 5) is 0. The van der Waals surface area contributed by atoms with E-state index in [0.717, 1.165) is 25.8 Å². The molecule has 0 aromatic heterocycles. The van der Waals surface area contributed by atoms with Gasteiger partial charge >= 0.3 is 0 Å². The minimum absolute atomic E-state index is 0.976. The second-order valence-electron chi connectivity index (χ2n) is 4.65. The Labute approximate surface area is 101 Å². The topological polar surface area (TPSA) is 12.0 Å². The van der Waals surface area contributed by atoms with Crippen molar-refractivity contribution < 1.29 is 0 Å². The third-order valence-corrected chi connectivity index (χ3v) is 2.63. The van der Waals surface area contributed by atoms with Gasteiger partial charge in [-0.1, -0.05) is 28.9 Å². The van der Waals surface area contributed by atoms with Gasteiger partial charge in [-0.25, -0.2) is 0 Å². The van der Waals surface area contributed by atoms with Gasteiger partial charge in [0.1, 0.15) is 0 Å². The maximum Gasteiger partial charge on any atom is 0.0134 e. The number of nitrogens with one attached hydrogen (secondary N) is 1. The SMILES string of the molecule is C=C(C)CC/C(C)=C/CC/C(C)=C/CNC. The van der Waals surface area contributed by atoms with Crippen molar-refractivity contribution in [2.45, 2.75) is 46.5 Å². The molecule has 0 aliphatic rings. The molecule has 1 nitrogen and oxygen atoms in total. The van der Waals surface area contributed by atoms with Crippen LogP contribution in [0.4, 0.5) is 0 Å². The van der Waals surface area contributed by atoms with Gasteiger partial charge < -0.3 is 5.32 Å². The van der Waals surface area contributed by atoms with Crippen molar-refractivity contribution in [3.63, 3.8) is 0 Å². The fourth-order valence-corrected chi connectivity index (χ4v) is 1.44. The molecule has 0 aliphatic heterocycles. The Balaban J connectivity index is 3.77. The van der Waals surface area contributed by atoms with Gasteiger partial charge in [0.05, 0.1) is 0 Å². The Morgan fingerprint density at radius 1 is 1.00 bits per heavy atom. The molecule has 0 radical (unpaired) electrons. The zero-order valence-corrected chi connectivity index (χ0v) is 11.4. The van der Waals surface area contributed by atoms with Crippen LogP contribution in [0.1, 0.15) is 46.5 Å². The molecule has 0 amide bonds. The minimum atomic E-state index is 0.976.